The van der Waals surface area contributed by atoms with Gasteiger partial charge in [-0.1, -0.05) is 0 Å². The molecule has 2 heterocycles. The molecule has 19 heavy (non-hydrogen) atoms. The summed E-state index contributed by atoms with van der Waals surface area (Å²) in [6.45, 7) is 3.06. The molecule has 0 aromatic rings. The zero-order chi connectivity index (χ0) is 13.8. The molecule has 0 aromatic carbocycles. The quantitative estimate of drug-likeness (QED) is 0.524. The summed E-state index contributed by atoms with van der Waals surface area (Å²) in [6, 6.07) is -0.215. The summed E-state index contributed by atoms with van der Waals surface area (Å²) < 4.78 is 4.99. The Morgan fingerprint density at radius 1 is 1.63 bits per heavy atom. The maximum absolute atomic E-state index is 12.0. The summed E-state index contributed by atoms with van der Waals surface area (Å²) >= 11 is 0. The Morgan fingerprint density at radius 3 is 3.16 bits per heavy atom. The van der Waals surface area contributed by atoms with Crippen LogP contribution in [-0.2, 0) is 9.53 Å². The van der Waals surface area contributed by atoms with Gasteiger partial charge < -0.3 is 15.8 Å². The van der Waals surface area contributed by atoms with E-state index >= 15 is 0 Å². The highest BCUT2D eigenvalue weighted by atomic mass is 16.5. The first kappa shape index (κ1) is 14.3. The van der Waals surface area contributed by atoms with Crippen molar-refractivity contribution in [3.05, 3.63) is 11.9 Å². The van der Waals surface area contributed by atoms with E-state index in [2.05, 4.69) is 16.8 Å². The number of fused-ring (bicyclic) bond motifs is 1. The Balaban J connectivity index is 1.92. The molecule has 0 bridgehead atoms. The number of hydrogen-bond acceptors (Lipinski definition) is 6. The lowest BCUT2D eigenvalue weighted by atomic mass is 10.2. The van der Waals surface area contributed by atoms with Crippen LogP contribution in [0.4, 0.5) is 0 Å². The smallest absolute Gasteiger partial charge is 0.244 e. The summed E-state index contributed by atoms with van der Waals surface area (Å²) in [6.07, 6.45) is 2.73. The van der Waals surface area contributed by atoms with Crippen LogP contribution in [0.5, 0.6) is 0 Å². The molecule has 1 saturated heterocycles. The fraction of sp³-hybridized carbons (Fsp3) is 0.750. The lowest BCUT2D eigenvalue weighted by Crippen LogP contribution is -2.43. The largest absolute Gasteiger partial charge is 0.383 e. The number of hydrogen-bond donors (Lipinski definition) is 3. The summed E-state index contributed by atoms with van der Waals surface area (Å²) in [4.78, 5) is 13.6. The van der Waals surface area contributed by atoms with E-state index in [-0.39, 0.29) is 11.9 Å². The highest BCUT2D eigenvalue weighted by Gasteiger charge is 2.33. The molecule has 2 unspecified atom stereocenters. The van der Waals surface area contributed by atoms with Crippen molar-refractivity contribution in [3.63, 3.8) is 0 Å². The number of ether oxygens (including phenoxy) is 1. The van der Waals surface area contributed by atoms with Crippen molar-refractivity contribution in [2.45, 2.75) is 18.5 Å². The zero-order valence-electron chi connectivity index (χ0n) is 11.6. The number of likely N-dealkylation sites (N-methyl/N-ethyl adjacent to an activating group) is 1. The highest BCUT2D eigenvalue weighted by molar-refractivity contribution is 5.83. The fourth-order valence-corrected chi connectivity index (χ4v) is 2.34. The van der Waals surface area contributed by atoms with Gasteiger partial charge in [-0.25, -0.2) is 5.43 Å². The van der Waals surface area contributed by atoms with E-state index in [1.807, 2.05) is 5.01 Å². The third-order valence-corrected chi connectivity index (χ3v) is 3.45. The second-order valence-electron chi connectivity index (χ2n) is 4.90. The predicted molar refractivity (Wildman–Crippen MR) is 71.8 cm³/mol. The van der Waals surface area contributed by atoms with Crippen LogP contribution in [0.15, 0.2) is 11.9 Å². The van der Waals surface area contributed by atoms with E-state index in [0.29, 0.717) is 13.0 Å². The number of carbonyl (C=O) groups excluding carboxylic acids is 1. The van der Waals surface area contributed by atoms with Crippen molar-refractivity contribution >= 4 is 5.91 Å². The minimum Gasteiger partial charge on any atom is -0.383 e. The molecule has 2 rings (SSSR count). The molecule has 0 spiro atoms. The van der Waals surface area contributed by atoms with Gasteiger partial charge in [-0.15, -0.1) is 0 Å². The van der Waals surface area contributed by atoms with Crippen LogP contribution >= 0.6 is 0 Å². The average Bonchev–Trinajstić information content (AvgIpc) is 2.78. The molecule has 4 N–H and O–H groups in total. The maximum Gasteiger partial charge on any atom is 0.244 e. The first-order valence-electron chi connectivity index (χ1n) is 6.62. The van der Waals surface area contributed by atoms with E-state index in [0.717, 1.165) is 25.5 Å². The molecule has 1 fully saturated rings. The Kier molecular flexibility index (Phi) is 4.76. The first-order valence-corrected chi connectivity index (χ1v) is 6.62. The normalized spacial score (nSPS) is 27.3. The minimum absolute atomic E-state index is 0.0245. The molecule has 2 aliphatic rings. The summed E-state index contributed by atoms with van der Waals surface area (Å²) in [5.41, 5.74) is 9.19. The molecular weight excluding hydrogens is 246 g/mol. The van der Waals surface area contributed by atoms with Crippen LogP contribution in [0.2, 0.25) is 0 Å². The summed E-state index contributed by atoms with van der Waals surface area (Å²) in [7, 11) is 3.46. The topological polar surface area (TPSA) is 82.9 Å². The van der Waals surface area contributed by atoms with Crippen molar-refractivity contribution in [1.29, 1.82) is 0 Å². The monoisotopic (exact) mass is 269 g/mol. The number of nitrogens with one attached hydrogen (secondary N) is 2. The van der Waals surface area contributed by atoms with Gasteiger partial charge in [-0.2, -0.15) is 0 Å². The van der Waals surface area contributed by atoms with Crippen LogP contribution in [0.3, 0.4) is 0 Å². The van der Waals surface area contributed by atoms with Crippen molar-refractivity contribution < 1.29 is 9.53 Å². The second kappa shape index (κ2) is 6.33. The molecule has 1 amide bonds. The molecule has 0 radical (unpaired) electrons. The van der Waals surface area contributed by atoms with Crippen LogP contribution < -0.4 is 16.5 Å². The van der Waals surface area contributed by atoms with Gasteiger partial charge in [0.1, 0.15) is 5.82 Å². The summed E-state index contributed by atoms with van der Waals surface area (Å²) in [5.74, 6) is 0.875. The predicted octanol–water partition coefficient (Wildman–Crippen LogP) is -1.56. The SMILES string of the molecule is COCCNCC1C=C2N(CCC(N)C(=O)N2C)N1. The summed E-state index contributed by atoms with van der Waals surface area (Å²) in [5, 5.41) is 5.31. The van der Waals surface area contributed by atoms with E-state index in [1.165, 1.54) is 0 Å². The number of rotatable bonds is 5. The Morgan fingerprint density at radius 2 is 2.42 bits per heavy atom. The molecular formula is C12H23N5O2. The minimum atomic E-state index is -0.406. The molecule has 0 saturated carbocycles. The Hall–Kier alpha value is -1.15. The van der Waals surface area contributed by atoms with Crippen molar-refractivity contribution in [1.82, 2.24) is 20.7 Å². The van der Waals surface area contributed by atoms with E-state index < -0.39 is 6.04 Å². The second-order valence-corrected chi connectivity index (χ2v) is 4.90. The lowest BCUT2D eigenvalue weighted by molar-refractivity contribution is -0.129. The van der Waals surface area contributed by atoms with Crippen molar-refractivity contribution in [2.75, 3.05) is 40.4 Å². The third kappa shape index (κ3) is 3.24. The molecule has 7 heteroatoms. The standard InChI is InChI=1S/C12H23N5O2/c1-16-11-7-9(8-14-4-6-19-2)15-17(11)5-3-10(13)12(16)18/h7,9-10,14-15H,3-6,8,13H2,1-2H3. The van der Waals surface area contributed by atoms with Gasteiger partial charge in [0, 0.05) is 33.8 Å². The van der Waals surface area contributed by atoms with Crippen LogP contribution in [0, 0.1) is 0 Å². The van der Waals surface area contributed by atoms with Gasteiger partial charge in [0.15, 0.2) is 0 Å². The maximum atomic E-state index is 12.0. The fourth-order valence-electron chi connectivity index (χ4n) is 2.34. The molecule has 2 aliphatic heterocycles. The lowest BCUT2D eigenvalue weighted by Gasteiger charge is -2.25. The molecule has 0 aromatic heterocycles. The van der Waals surface area contributed by atoms with Gasteiger partial charge in [0.05, 0.1) is 18.7 Å². The van der Waals surface area contributed by atoms with Gasteiger partial charge in [0.2, 0.25) is 5.91 Å². The first-order chi connectivity index (χ1) is 9.13. The number of hydrazine groups is 1. The van der Waals surface area contributed by atoms with Gasteiger partial charge in [-0.3, -0.25) is 14.7 Å². The van der Waals surface area contributed by atoms with E-state index in [4.69, 9.17) is 10.5 Å². The van der Waals surface area contributed by atoms with E-state index in [9.17, 15) is 4.79 Å². The Labute approximate surface area is 113 Å². The van der Waals surface area contributed by atoms with E-state index in [1.54, 1.807) is 19.1 Å². The third-order valence-electron chi connectivity index (χ3n) is 3.45. The number of amides is 1. The number of methoxy groups -OCH3 is 1. The Bertz CT molecular complexity index is 360. The van der Waals surface area contributed by atoms with Crippen molar-refractivity contribution in [3.8, 4) is 0 Å². The molecule has 0 aliphatic carbocycles. The van der Waals surface area contributed by atoms with Gasteiger partial charge >= 0.3 is 0 Å². The number of carbonyl (C=O) groups is 1. The van der Waals surface area contributed by atoms with Gasteiger partial charge in [0.25, 0.3) is 0 Å². The molecule has 7 nitrogen and oxygen atoms in total. The van der Waals surface area contributed by atoms with Crippen LogP contribution in [-0.4, -0.2) is 68.3 Å². The van der Waals surface area contributed by atoms with Crippen molar-refractivity contribution in [2.24, 2.45) is 5.73 Å². The molecule has 2 atom stereocenters. The zero-order valence-corrected chi connectivity index (χ0v) is 11.6. The highest BCUT2D eigenvalue weighted by Crippen LogP contribution is 2.20. The van der Waals surface area contributed by atoms with Crippen LogP contribution in [0.1, 0.15) is 6.42 Å². The average molecular weight is 269 g/mol. The van der Waals surface area contributed by atoms with Gasteiger partial charge in [-0.05, 0) is 12.5 Å². The number of nitrogens with zero attached hydrogens (tertiary/aromatic N) is 2. The van der Waals surface area contributed by atoms with Crippen LogP contribution in [0.25, 0.3) is 0 Å². The molecule has 108 valence electrons. The number of nitrogens with two attached hydrogens (primary N) is 1.